The summed E-state index contributed by atoms with van der Waals surface area (Å²) in [5.74, 6) is -0.103. The summed E-state index contributed by atoms with van der Waals surface area (Å²) in [6.45, 7) is 6.76. The minimum Gasteiger partial charge on any atom is -0.367 e. The largest absolute Gasteiger partial charge is 0.367 e. The van der Waals surface area contributed by atoms with Crippen LogP contribution in [0.5, 0.6) is 0 Å². The molecule has 2 heterocycles. The van der Waals surface area contributed by atoms with Crippen molar-refractivity contribution in [3.8, 4) is 0 Å². The molecular formula is C14H19FN2. The number of anilines is 1. The van der Waals surface area contributed by atoms with Crippen LogP contribution in [0.1, 0.15) is 18.9 Å². The van der Waals surface area contributed by atoms with Gasteiger partial charge in [0.05, 0.1) is 0 Å². The van der Waals surface area contributed by atoms with Gasteiger partial charge < -0.3 is 9.80 Å². The first-order valence-electron chi connectivity index (χ1n) is 6.55. The summed E-state index contributed by atoms with van der Waals surface area (Å²) in [5.41, 5.74) is 2.45. The third kappa shape index (κ3) is 1.93. The number of likely N-dealkylation sites (N-methyl/N-ethyl adjacent to an activating group) is 1. The van der Waals surface area contributed by atoms with Crippen molar-refractivity contribution in [2.24, 2.45) is 0 Å². The Bertz CT molecular complexity index is 419. The van der Waals surface area contributed by atoms with Gasteiger partial charge in [0.25, 0.3) is 0 Å². The van der Waals surface area contributed by atoms with Crippen LogP contribution in [-0.2, 0) is 6.42 Å². The molecule has 0 radical (unpaired) electrons. The minimum atomic E-state index is -0.103. The van der Waals surface area contributed by atoms with Crippen LogP contribution in [0.4, 0.5) is 10.1 Å². The van der Waals surface area contributed by atoms with Crippen LogP contribution in [0.3, 0.4) is 0 Å². The van der Waals surface area contributed by atoms with E-state index in [1.54, 1.807) is 12.1 Å². The zero-order valence-corrected chi connectivity index (χ0v) is 10.3. The highest BCUT2D eigenvalue weighted by Gasteiger charge is 2.32. The zero-order chi connectivity index (χ0) is 11.8. The molecule has 1 fully saturated rings. The molecule has 2 nitrogen and oxygen atoms in total. The maximum absolute atomic E-state index is 13.2. The number of nitrogens with zero attached hydrogens (tertiary/aromatic N) is 2. The monoisotopic (exact) mass is 234 g/mol. The van der Waals surface area contributed by atoms with Gasteiger partial charge in [0, 0.05) is 24.8 Å². The first-order valence-corrected chi connectivity index (χ1v) is 6.55. The molecule has 0 aromatic heterocycles. The molecule has 2 aliphatic rings. The van der Waals surface area contributed by atoms with Gasteiger partial charge in [0.2, 0.25) is 0 Å². The van der Waals surface area contributed by atoms with Crippen LogP contribution in [0, 0.1) is 5.82 Å². The van der Waals surface area contributed by atoms with Gasteiger partial charge in [0.1, 0.15) is 5.82 Å². The first-order chi connectivity index (χ1) is 8.28. The van der Waals surface area contributed by atoms with Crippen molar-refractivity contribution >= 4 is 5.69 Å². The van der Waals surface area contributed by atoms with Crippen molar-refractivity contribution < 1.29 is 4.39 Å². The summed E-state index contributed by atoms with van der Waals surface area (Å²) in [4.78, 5) is 4.98. The third-order valence-corrected chi connectivity index (χ3v) is 4.04. The second-order valence-electron chi connectivity index (χ2n) is 5.07. The predicted molar refractivity (Wildman–Crippen MR) is 68.0 cm³/mol. The Labute approximate surface area is 102 Å². The molecule has 2 aliphatic heterocycles. The van der Waals surface area contributed by atoms with E-state index in [9.17, 15) is 4.39 Å². The highest BCUT2D eigenvalue weighted by molar-refractivity contribution is 5.59. The quantitative estimate of drug-likeness (QED) is 0.735. The molecule has 0 aliphatic carbocycles. The summed E-state index contributed by atoms with van der Waals surface area (Å²) < 4.78 is 13.2. The molecule has 1 saturated heterocycles. The van der Waals surface area contributed by atoms with E-state index in [-0.39, 0.29) is 5.82 Å². The second-order valence-corrected chi connectivity index (χ2v) is 5.07. The van der Waals surface area contributed by atoms with Crippen LogP contribution >= 0.6 is 0 Å². The Balaban J connectivity index is 1.88. The summed E-state index contributed by atoms with van der Waals surface area (Å²) in [6, 6.07) is 5.80. The van der Waals surface area contributed by atoms with Gasteiger partial charge >= 0.3 is 0 Å². The highest BCUT2D eigenvalue weighted by Crippen LogP contribution is 2.34. The number of hydrogen-bond acceptors (Lipinski definition) is 2. The maximum atomic E-state index is 13.2. The normalized spacial score (nSPS) is 24.4. The van der Waals surface area contributed by atoms with Gasteiger partial charge in [-0.25, -0.2) is 4.39 Å². The molecule has 1 atom stereocenters. The Kier molecular flexibility index (Phi) is 2.79. The highest BCUT2D eigenvalue weighted by atomic mass is 19.1. The number of halogens is 1. The summed E-state index contributed by atoms with van der Waals surface area (Å²) in [7, 11) is 0. The molecule has 17 heavy (non-hydrogen) atoms. The number of benzene rings is 1. The van der Waals surface area contributed by atoms with Crippen molar-refractivity contribution in [2.75, 3.05) is 31.1 Å². The molecule has 1 aromatic carbocycles. The fourth-order valence-electron chi connectivity index (χ4n) is 3.17. The van der Waals surface area contributed by atoms with E-state index >= 15 is 0 Å². The standard InChI is InChI=1S/C14H19FN2/c1-2-16-6-3-7-17-13(10-16)9-11-8-12(15)4-5-14(11)17/h4-5,8,13H,2-3,6-7,9-10H2,1H3. The van der Waals surface area contributed by atoms with E-state index in [1.807, 2.05) is 6.07 Å². The lowest BCUT2D eigenvalue weighted by Gasteiger charge is -2.26. The molecule has 0 N–H and O–H groups in total. The molecule has 0 amide bonds. The average molecular weight is 234 g/mol. The molecule has 1 aromatic rings. The minimum absolute atomic E-state index is 0.103. The molecule has 3 heteroatoms. The fraction of sp³-hybridized carbons (Fsp3) is 0.571. The second kappa shape index (κ2) is 4.30. The van der Waals surface area contributed by atoms with Gasteiger partial charge in [0.15, 0.2) is 0 Å². The Morgan fingerprint density at radius 2 is 2.24 bits per heavy atom. The molecule has 1 unspecified atom stereocenters. The van der Waals surface area contributed by atoms with E-state index in [4.69, 9.17) is 0 Å². The Morgan fingerprint density at radius 3 is 3.06 bits per heavy atom. The molecule has 0 spiro atoms. The van der Waals surface area contributed by atoms with E-state index in [0.29, 0.717) is 6.04 Å². The van der Waals surface area contributed by atoms with E-state index in [0.717, 1.165) is 26.1 Å². The van der Waals surface area contributed by atoms with Crippen LogP contribution in [0.25, 0.3) is 0 Å². The number of fused-ring (bicyclic) bond motifs is 3. The van der Waals surface area contributed by atoms with E-state index in [1.165, 1.54) is 24.2 Å². The van der Waals surface area contributed by atoms with Crippen molar-refractivity contribution in [3.63, 3.8) is 0 Å². The van der Waals surface area contributed by atoms with Crippen molar-refractivity contribution in [1.82, 2.24) is 4.90 Å². The van der Waals surface area contributed by atoms with Gasteiger partial charge in [-0.3, -0.25) is 0 Å². The lowest BCUT2D eigenvalue weighted by atomic mass is 10.1. The average Bonchev–Trinajstić information content (AvgIpc) is 2.53. The molecule has 0 saturated carbocycles. The Hall–Kier alpha value is -1.09. The zero-order valence-electron chi connectivity index (χ0n) is 10.3. The van der Waals surface area contributed by atoms with Crippen LogP contribution in [0.15, 0.2) is 18.2 Å². The van der Waals surface area contributed by atoms with Gasteiger partial charge in [-0.15, -0.1) is 0 Å². The molecular weight excluding hydrogens is 215 g/mol. The summed E-state index contributed by atoms with van der Waals surface area (Å²) >= 11 is 0. The van der Waals surface area contributed by atoms with Gasteiger partial charge in [-0.05, 0) is 49.7 Å². The summed E-state index contributed by atoms with van der Waals surface area (Å²) in [6.07, 6.45) is 2.21. The van der Waals surface area contributed by atoms with Crippen molar-refractivity contribution in [3.05, 3.63) is 29.6 Å². The van der Waals surface area contributed by atoms with Crippen LogP contribution < -0.4 is 4.90 Å². The van der Waals surface area contributed by atoms with Crippen molar-refractivity contribution in [1.29, 1.82) is 0 Å². The fourth-order valence-corrected chi connectivity index (χ4v) is 3.17. The van der Waals surface area contributed by atoms with E-state index in [2.05, 4.69) is 16.7 Å². The van der Waals surface area contributed by atoms with Gasteiger partial charge in [-0.2, -0.15) is 0 Å². The lowest BCUT2D eigenvalue weighted by Crippen LogP contribution is -2.38. The molecule has 3 rings (SSSR count). The number of rotatable bonds is 1. The maximum Gasteiger partial charge on any atom is 0.123 e. The summed E-state index contributed by atoms with van der Waals surface area (Å²) in [5, 5.41) is 0. The van der Waals surface area contributed by atoms with Crippen molar-refractivity contribution in [2.45, 2.75) is 25.8 Å². The predicted octanol–water partition coefficient (Wildman–Crippen LogP) is 2.28. The van der Waals surface area contributed by atoms with Crippen LogP contribution in [-0.4, -0.2) is 37.1 Å². The smallest absolute Gasteiger partial charge is 0.123 e. The first kappa shape index (κ1) is 11.0. The molecule has 0 bridgehead atoms. The van der Waals surface area contributed by atoms with Gasteiger partial charge in [-0.1, -0.05) is 6.92 Å². The van der Waals surface area contributed by atoms with E-state index < -0.39 is 0 Å². The SMILES string of the molecule is CCN1CCCN2c3ccc(F)cc3CC2C1. The van der Waals surface area contributed by atoms with Crippen LogP contribution in [0.2, 0.25) is 0 Å². The number of hydrogen-bond donors (Lipinski definition) is 0. The third-order valence-electron chi connectivity index (χ3n) is 4.04. The Morgan fingerprint density at radius 1 is 1.35 bits per heavy atom. The topological polar surface area (TPSA) is 6.48 Å². The molecule has 92 valence electrons. The lowest BCUT2D eigenvalue weighted by molar-refractivity contribution is 0.288.